The third-order valence-corrected chi connectivity index (χ3v) is 6.50. The van der Waals surface area contributed by atoms with Crippen molar-refractivity contribution in [3.63, 3.8) is 0 Å². The van der Waals surface area contributed by atoms with Crippen LogP contribution in [0.4, 0.5) is 5.69 Å². The Kier molecular flexibility index (Phi) is 6.59. The molecule has 0 bridgehead atoms. The van der Waals surface area contributed by atoms with Crippen molar-refractivity contribution in [2.75, 3.05) is 11.1 Å². The third-order valence-electron chi connectivity index (χ3n) is 4.62. The Morgan fingerprint density at radius 2 is 1.87 bits per heavy atom. The van der Waals surface area contributed by atoms with E-state index >= 15 is 0 Å². The van der Waals surface area contributed by atoms with Gasteiger partial charge in [-0.1, -0.05) is 37.0 Å². The Morgan fingerprint density at radius 1 is 1.17 bits per heavy atom. The fourth-order valence-electron chi connectivity index (χ4n) is 2.99. The van der Waals surface area contributed by atoms with Gasteiger partial charge in [-0.3, -0.25) is 18.7 Å². The average Bonchev–Trinajstić information content (AvgIpc) is 2.70. The number of aryl methyl sites for hydroxylation is 1. The number of aromatic nitrogens is 3. The highest BCUT2D eigenvalue weighted by molar-refractivity contribution is 8.00. The van der Waals surface area contributed by atoms with Gasteiger partial charge in [0, 0.05) is 30.9 Å². The van der Waals surface area contributed by atoms with Crippen LogP contribution in [-0.4, -0.2) is 25.8 Å². The molecule has 2 heterocycles. The molecular formula is C20H20Cl2N4O3S. The number of carbonyl (C=O) groups excluding carboxylic acids is 1. The number of anilines is 1. The van der Waals surface area contributed by atoms with Gasteiger partial charge in [0.25, 0.3) is 5.56 Å². The van der Waals surface area contributed by atoms with Gasteiger partial charge < -0.3 is 5.32 Å². The van der Waals surface area contributed by atoms with Gasteiger partial charge in [-0.15, -0.1) is 11.8 Å². The van der Waals surface area contributed by atoms with Gasteiger partial charge >= 0.3 is 5.69 Å². The predicted molar refractivity (Wildman–Crippen MR) is 122 cm³/mol. The minimum Gasteiger partial charge on any atom is -0.325 e. The number of rotatable bonds is 5. The van der Waals surface area contributed by atoms with E-state index in [1.54, 1.807) is 31.4 Å². The number of hydrogen-bond donors (Lipinski definition) is 1. The molecule has 0 aliphatic rings. The second kappa shape index (κ2) is 8.83. The Hall–Kier alpha value is -2.29. The van der Waals surface area contributed by atoms with Crippen molar-refractivity contribution < 1.29 is 4.79 Å². The fourth-order valence-corrected chi connectivity index (χ4v) is 4.42. The molecule has 0 radical (unpaired) electrons. The average molecular weight is 467 g/mol. The molecule has 0 saturated heterocycles. The molecule has 2 aromatic heterocycles. The smallest absolute Gasteiger partial charge is 0.325 e. The van der Waals surface area contributed by atoms with Gasteiger partial charge in [-0.05, 0) is 29.7 Å². The van der Waals surface area contributed by atoms with Crippen molar-refractivity contribution in [2.45, 2.75) is 24.7 Å². The van der Waals surface area contributed by atoms with E-state index in [1.165, 1.54) is 23.4 Å². The van der Waals surface area contributed by atoms with Crippen LogP contribution in [0.5, 0.6) is 0 Å². The molecule has 10 heteroatoms. The number of nitrogens with one attached hydrogen (secondary N) is 1. The summed E-state index contributed by atoms with van der Waals surface area (Å²) in [4.78, 5) is 42.6. The lowest BCUT2D eigenvalue weighted by Gasteiger charge is -2.16. The number of fused-ring (bicyclic) bond motifs is 1. The van der Waals surface area contributed by atoms with Crippen LogP contribution in [0.1, 0.15) is 25.3 Å². The van der Waals surface area contributed by atoms with Gasteiger partial charge in [0.1, 0.15) is 5.65 Å². The largest absolute Gasteiger partial charge is 0.332 e. The number of nitrogens with zero attached hydrogens (tertiary/aromatic N) is 3. The molecule has 0 aliphatic heterocycles. The molecule has 158 valence electrons. The molecule has 0 unspecified atom stereocenters. The number of thioether (sulfide) groups is 1. The number of carbonyl (C=O) groups is 1. The molecule has 0 spiro atoms. The maximum atomic E-state index is 12.9. The van der Waals surface area contributed by atoms with Crippen molar-refractivity contribution in [1.29, 1.82) is 0 Å². The van der Waals surface area contributed by atoms with E-state index in [0.29, 0.717) is 31.7 Å². The normalized spacial score (nSPS) is 11.3. The Bertz CT molecular complexity index is 1270. The first kappa shape index (κ1) is 22.4. The van der Waals surface area contributed by atoms with Crippen LogP contribution >= 0.6 is 35.0 Å². The van der Waals surface area contributed by atoms with Gasteiger partial charge in [-0.25, -0.2) is 9.78 Å². The summed E-state index contributed by atoms with van der Waals surface area (Å²) >= 11 is 13.1. The Morgan fingerprint density at radius 3 is 2.50 bits per heavy atom. The van der Waals surface area contributed by atoms with Gasteiger partial charge in [0.2, 0.25) is 5.91 Å². The standard InChI is InChI=1S/C20H20Cl2N4O3S/c1-10(2)12-8-23-18-16(19(28)26(4)20(29)25(18)3)17(12)30-9-15(27)24-11-5-6-13(21)14(22)7-11/h5-8,10H,9H2,1-4H3,(H,24,27). The van der Waals surface area contributed by atoms with Gasteiger partial charge in [0.05, 0.1) is 21.2 Å². The van der Waals surface area contributed by atoms with Crippen LogP contribution < -0.4 is 16.6 Å². The summed E-state index contributed by atoms with van der Waals surface area (Å²) in [5, 5.41) is 3.84. The van der Waals surface area contributed by atoms with Crippen molar-refractivity contribution in [3.05, 3.63) is 60.8 Å². The summed E-state index contributed by atoms with van der Waals surface area (Å²) in [5.74, 6) is -0.130. The topological polar surface area (TPSA) is 86.0 Å². The molecule has 1 amide bonds. The molecule has 0 atom stereocenters. The number of hydrogen-bond acceptors (Lipinski definition) is 5. The van der Waals surface area contributed by atoms with Crippen LogP contribution in [0.25, 0.3) is 11.0 Å². The number of pyridine rings is 1. The zero-order chi connectivity index (χ0) is 22.2. The minimum absolute atomic E-state index is 0.0606. The first-order valence-corrected chi connectivity index (χ1v) is 10.8. The summed E-state index contributed by atoms with van der Waals surface area (Å²) < 4.78 is 2.38. The lowest BCUT2D eigenvalue weighted by molar-refractivity contribution is -0.113. The predicted octanol–water partition coefficient (Wildman–Crippen LogP) is 3.79. The van der Waals surface area contributed by atoms with E-state index in [4.69, 9.17) is 23.2 Å². The lowest BCUT2D eigenvalue weighted by Crippen LogP contribution is -2.37. The lowest BCUT2D eigenvalue weighted by atomic mass is 10.0. The second-order valence-corrected chi connectivity index (χ2v) is 8.87. The molecule has 3 rings (SSSR count). The van der Waals surface area contributed by atoms with Crippen molar-refractivity contribution in [2.24, 2.45) is 14.1 Å². The van der Waals surface area contributed by atoms with Crippen LogP contribution in [0.2, 0.25) is 10.0 Å². The maximum Gasteiger partial charge on any atom is 0.332 e. The fraction of sp³-hybridized carbons (Fsp3) is 0.300. The summed E-state index contributed by atoms with van der Waals surface area (Å²) in [6, 6.07) is 4.83. The van der Waals surface area contributed by atoms with Crippen LogP contribution in [0, 0.1) is 0 Å². The summed E-state index contributed by atoms with van der Waals surface area (Å²) in [6.45, 7) is 3.96. The maximum absolute atomic E-state index is 12.9. The SMILES string of the molecule is CC(C)c1cnc2c(c1SCC(=O)Nc1ccc(Cl)c(Cl)c1)c(=O)n(C)c(=O)n2C. The first-order valence-electron chi connectivity index (χ1n) is 9.08. The molecule has 1 aromatic carbocycles. The van der Waals surface area contributed by atoms with Gasteiger partial charge in [-0.2, -0.15) is 0 Å². The molecule has 0 aliphatic carbocycles. The molecule has 0 saturated carbocycles. The highest BCUT2D eigenvalue weighted by Crippen LogP contribution is 2.32. The summed E-state index contributed by atoms with van der Waals surface area (Å²) in [6.07, 6.45) is 1.66. The van der Waals surface area contributed by atoms with Crippen molar-refractivity contribution >= 4 is 57.6 Å². The summed E-state index contributed by atoms with van der Waals surface area (Å²) in [5.41, 5.74) is 0.767. The van der Waals surface area contributed by atoms with E-state index < -0.39 is 11.2 Å². The Labute approximate surface area is 187 Å². The monoisotopic (exact) mass is 466 g/mol. The molecule has 30 heavy (non-hydrogen) atoms. The zero-order valence-electron chi connectivity index (χ0n) is 16.8. The number of amides is 1. The second-order valence-electron chi connectivity index (χ2n) is 7.07. The van der Waals surface area contributed by atoms with E-state index in [1.807, 2.05) is 13.8 Å². The van der Waals surface area contributed by atoms with Crippen LogP contribution in [0.3, 0.4) is 0 Å². The van der Waals surface area contributed by atoms with Crippen LogP contribution in [0.15, 0.2) is 38.9 Å². The minimum atomic E-state index is -0.453. The van der Waals surface area contributed by atoms with E-state index in [-0.39, 0.29) is 17.6 Å². The molecular weight excluding hydrogens is 447 g/mol. The van der Waals surface area contributed by atoms with Crippen LogP contribution in [-0.2, 0) is 18.9 Å². The van der Waals surface area contributed by atoms with E-state index in [0.717, 1.165) is 10.1 Å². The van der Waals surface area contributed by atoms with Gasteiger partial charge in [0.15, 0.2) is 0 Å². The highest BCUT2D eigenvalue weighted by atomic mass is 35.5. The van der Waals surface area contributed by atoms with E-state index in [2.05, 4.69) is 10.3 Å². The molecule has 0 fully saturated rings. The quantitative estimate of drug-likeness (QED) is 0.577. The third kappa shape index (κ3) is 4.26. The number of benzene rings is 1. The van der Waals surface area contributed by atoms with E-state index in [9.17, 15) is 14.4 Å². The molecule has 3 aromatic rings. The molecule has 1 N–H and O–H groups in total. The molecule has 7 nitrogen and oxygen atoms in total. The highest BCUT2D eigenvalue weighted by Gasteiger charge is 2.20. The van der Waals surface area contributed by atoms with Crippen molar-refractivity contribution in [3.8, 4) is 0 Å². The Balaban J connectivity index is 1.99. The first-order chi connectivity index (χ1) is 14.1. The zero-order valence-corrected chi connectivity index (χ0v) is 19.2. The number of halogens is 2. The summed E-state index contributed by atoms with van der Waals surface area (Å²) in [7, 11) is 3.00. The van der Waals surface area contributed by atoms with Crippen molar-refractivity contribution in [1.82, 2.24) is 14.1 Å².